The third-order valence-electron chi connectivity index (χ3n) is 3.95. The lowest BCUT2D eigenvalue weighted by Gasteiger charge is -2.34. The van der Waals surface area contributed by atoms with Crippen LogP contribution < -0.4 is 15.2 Å². The molecule has 1 aliphatic heterocycles. The van der Waals surface area contributed by atoms with Gasteiger partial charge in [-0.3, -0.25) is 0 Å². The Morgan fingerprint density at radius 3 is 2.76 bits per heavy atom. The van der Waals surface area contributed by atoms with Gasteiger partial charge in [0.2, 0.25) is 12.7 Å². The van der Waals surface area contributed by atoms with Crippen LogP contribution in [-0.2, 0) is 12.0 Å². The molecular weight excluding hydrogens is 294 g/mol. The molecule has 0 spiro atoms. The molecule has 2 heterocycles. The fraction of sp³-hybridized carbons (Fsp3) is 0.429. The van der Waals surface area contributed by atoms with E-state index in [4.69, 9.17) is 19.7 Å². The third kappa shape index (κ3) is 2.45. The highest BCUT2D eigenvalue weighted by molar-refractivity contribution is 5.85. The fourth-order valence-electron chi connectivity index (χ4n) is 2.54. The monoisotopic (exact) mass is 309 g/mol. The summed E-state index contributed by atoms with van der Waals surface area (Å²) in [5.74, 6) is 2.74. The molecular formula is C14H16ClN3O3. The molecule has 0 atom stereocenters. The van der Waals surface area contributed by atoms with Gasteiger partial charge in [0.05, 0.1) is 12.0 Å². The first-order chi connectivity index (χ1) is 9.73. The Labute approximate surface area is 128 Å². The molecule has 2 N–H and O–H groups in total. The van der Waals surface area contributed by atoms with E-state index in [9.17, 15) is 0 Å². The molecule has 0 saturated heterocycles. The van der Waals surface area contributed by atoms with E-state index in [1.807, 2.05) is 18.2 Å². The molecule has 0 unspecified atom stereocenters. The smallest absolute Gasteiger partial charge is 0.231 e. The standard InChI is InChI=1S/C14H15N3O3.ClH/c15-14(4-1-5-14)13-16-12(20-17-13)7-9-2-3-10-11(6-9)19-8-18-10;/h2-3,6H,1,4-5,7-8,15H2;1H. The van der Waals surface area contributed by atoms with Crippen LogP contribution in [0.25, 0.3) is 0 Å². The molecule has 112 valence electrons. The number of halogens is 1. The maximum absolute atomic E-state index is 6.18. The minimum absolute atomic E-state index is 0. The zero-order valence-corrected chi connectivity index (χ0v) is 12.2. The Morgan fingerprint density at radius 1 is 1.19 bits per heavy atom. The van der Waals surface area contributed by atoms with Crippen molar-refractivity contribution in [1.29, 1.82) is 0 Å². The minimum atomic E-state index is -0.378. The summed E-state index contributed by atoms with van der Waals surface area (Å²) in [5, 5.41) is 4.01. The summed E-state index contributed by atoms with van der Waals surface area (Å²) in [5.41, 5.74) is 6.85. The van der Waals surface area contributed by atoms with Gasteiger partial charge in [-0.1, -0.05) is 11.2 Å². The summed E-state index contributed by atoms with van der Waals surface area (Å²) in [4.78, 5) is 4.42. The lowest BCUT2D eigenvalue weighted by molar-refractivity contribution is 0.174. The Balaban J connectivity index is 0.00000132. The number of hydrogen-bond donors (Lipinski definition) is 1. The number of ether oxygens (including phenoxy) is 2. The minimum Gasteiger partial charge on any atom is -0.454 e. The zero-order valence-electron chi connectivity index (χ0n) is 11.4. The molecule has 0 amide bonds. The van der Waals surface area contributed by atoms with Gasteiger partial charge in [0.1, 0.15) is 0 Å². The summed E-state index contributed by atoms with van der Waals surface area (Å²) < 4.78 is 15.9. The normalized spacial score (nSPS) is 18.0. The molecule has 1 aromatic carbocycles. The van der Waals surface area contributed by atoms with Gasteiger partial charge in [-0.25, -0.2) is 0 Å². The van der Waals surface area contributed by atoms with Crippen molar-refractivity contribution in [2.75, 3.05) is 6.79 Å². The molecule has 6 nitrogen and oxygen atoms in total. The number of nitrogens with zero attached hydrogens (tertiary/aromatic N) is 2. The van der Waals surface area contributed by atoms with E-state index in [0.717, 1.165) is 36.3 Å². The van der Waals surface area contributed by atoms with E-state index < -0.39 is 0 Å². The molecule has 1 fully saturated rings. The SMILES string of the molecule is Cl.NC1(c2noc(Cc3ccc4c(c3)OCO4)n2)CCC1. The summed E-state index contributed by atoms with van der Waals surface area (Å²) in [6.45, 7) is 0.277. The number of aromatic nitrogens is 2. The Kier molecular flexibility index (Phi) is 3.51. The molecule has 1 aromatic heterocycles. The summed E-state index contributed by atoms with van der Waals surface area (Å²) in [6.07, 6.45) is 3.55. The van der Waals surface area contributed by atoms with Gasteiger partial charge in [-0.05, 0) is 37.0 Å². The summed E-state index contributed by atoms with van der Waals surface area (Å²) >= 11 is 0. The number of hydrogen-bond acceptors (Lipinski definition) is 6. The zero-order chi connectivity index (χ0) is 13.6. The molecule has 0 radical (unpaired) electrons. The quantitative estimate of drug-likeness (QED) is 0.935. The second-order valence-corrected chi connectivity index (χ2v) is 5.39. The predicted molar refractivity (Wildman–Crippen MR) is 76.6 cm³/mol. The Morgan fingerprint density at radius 2 is 2.00 bits per heavy atom. The lowest BCUT2D eigenvalue weighted by atomic mass is 9.77. The third-order valence-corrected chi connectivity index (χ3v) is 3.95. The number of fused-ring (bicyclic) bond motifs is 1. The van der Waals surface area contributed by atoms with Crippen LogP contribution in [0.15, 0.2) is 22.7 Å². The number of rotatable bonds is 3. The highest BCUT2D eigenvalue weighted by atomic mass is 35.5. The highest BCUT2D eigenvalue weighted by Gasteiger charge is 2.38. The summed E-state index contributed by atoms with van der Waals surface area (Å²) in [7, 11) is 0. The average molecular weight is 310 g/mol. The predicted octanol–water partition coefficient (Wildman–Crippen LogP) is 2.15. The van der Waals surface area contributed by atoms with Crippen molar-refractivity contribution in [3.63, 3.8) is 0 Å². The van der Waals surface area contributed by atoms with Crippen LogP contribution in [0.2, 0.25) is 0 Å². The molecule has 2 aliphatic rings. The molecule has 4 rings (SSSR count). The Bertz CT molecular complexity index is 655. The van der Waals surface area contributed by atoms with Crippen molar-refractivity contribution >= 4 is 12.4 Å². The van der Waals surface area contributed by atoms with E-state index >= 15 is 0 Å². The van der Waals surface area contributed by atoms with Gasteiger partial charge in [0.25, 0.3) is 0 Å². The van der Waals surface area contributed by atoms with E-state index in [0.29, 0.717) is 18.1 Å². The maximum Gasteiger partial charge on any atom is 0.231 e. The fourth-order valence-corrected chi connectivity index (χ4v) is 2.54. The van der Waals surface area contributed by atoms with Crippen LogP contribution in [0.3, 0.4) is 0 Å². The van der Waals surface area contributed by atoms with Crippen molar-refractivity contribution < 1.29 is 14.0 Å². The Hall–Kier alpha value is -1.79. The maximum atomic E-state index is 6.18. The topological polar surface area (TPSA) is 83.4 Å². The van der Waals surface area contributed by atoms with E-state index in [-0.39, 0.29) is 24.7 Å². The van der Waals surface area contributed by atoms with Crippen molar-refractivity contribution in [2.24, 2.45) is 5.73 Å². The van der Waals surface area contributed by atoms with Crippen LogP contribution in [-0.4, -0.2) is 16.9 Å². The van der Waals surface area contributed by atoms with Crippen LogP contribution in [0.4, 0.5) is 0 Å². The van der Waals surface area contributed by atoms with E-state index in [1.165, 1.54) is 0 Å². The lowest BCUT2D eigenvalue weighted by Crippen LogP contribution is -2.44. The van der Waals surface area contributed by atoms with Crippen molar-refractivity contribution in [3.8, 4) is 11.5 Å². The van der Waals surface area contributed by atoms with Gasteiger partial charge in [0, 0.05) is 0 Å². The first-order valence-electron chi connectivity index (χ1n) is 6.73. The number of benzene rings is 1. The average Bonchev–Trinajstić information content (AvgIpc) is 3.04. The van der Waals surface area contributed by atoms with Gasteiger partial charge in [0.15, 0.2) is 17.3 Å². The van der Waals surface area contributed by atoms with Gasteiger partial charge in [-0.15, -0.1) is 12.4 Å². The largest absolute Gasteiger partial charge is 0.454 e. The second-order valence-electron chi connectivity index (χ2n) is 5.39. The first-order valence-corrected chi connectivity index (χ1v) is 6.73. The van der Waals surface area contributed by atoms with Gasteiger partial charge < -0.3 is 19.7 Å². The van der Waals surface area contributed by atoms with Crippen LogP contribution >= 0.6 is 12.4 Å². The number of nitrogens with two attached hydrogens (primary N) is 1. The van der Waals surface area contributed by atoms with Gasteiger partial charge in [-0.2, -0.15) is 4.98 Å². The molecule has 2 aromatic rings. The van der Waals surface area contributed by atoms with Crippen LogP contribution in [0.5, 0.6) is 11.5 Å². The molecule has 7 heteroatoms. The van der Waals surface area contributed by atoms with Crippen molar-refractivity contribution in [2.45, 2.75) is 31.2 Å². The second kappa shape index (κ2) is 5.20. The van der Waals surface area contributed by atoms with Gasteiger partial charge >= 0.3 is 0 Å². The first kappa shape index (κ1) is 14.2. The van der Waals surface area contributed by atoms with Crippen molar-refractivity contribution in [3.05, 3.63) is 35.5 Å². The van der Waals surface area contributed by atoms with E-state index in [1.54, 1.807) is 0 Å². The molecule has 1 saturated carbocycles. The van der Waals surface area contributed by atoms with E-state index in [2.05, 4.69) is 10.1 Å². The van der Waals surface area contributed by atoms with Crippen molar-refractivity contribution in [1.82, 2.24) is 10.1 Å². The molecule has 0 bridgehead atoms. The summed E-state index contributed by atoms with van der Waals surface area (Å²) in [6, 6.07) is 5.80. The van der Waals surface area contributed by atoms with Crippen LogP contribution in [0, 0.1) is 0 Å². The molecule has 21 heavy (non-hydrogen) atoms. The molecule has 1 aliphatic carbocycles. The van der Waals surface area contributed by atoms with Crippen LogP contribution in [0.1, 0.15) is 36.5 Å². The highest BCUT2D eigenvalue weighted by Crippen LogP contribution is 2.37.